The minimum absolute atomic E-state index is 0.0916. The fourth-order valence-corrected chi connectivity index (χ4v) is 3.13. The van der Waals surface area contributed by atoms with Gasteiger partial charge in [0.1, 0.15) is 6.10 Å². The van der Waals surface area contributed by atoms with Gasteiger partial charge in [0, 0.05) is 11.6 Å². The Hall–Kier alpha value is -0.830. The Balaban J connectivity index is 2.98. The molecule has 0 aliphatic carbocycles. The quantitative estimate of drug-likeness (QED) is 0.548. The second-order valence-electron chi connectivity index (χ2n) is 6.27. The van der Waals surface area contributed by atoms with E-state index in [1.165, 1.54) is 6.08 Å². The molecule has 17 heavy (non-hydrogen) atoms. The molecule has 0 aromatic heterocycles. The summed E-state index contributed by atoms with van der Waals surface area (Å²) in [5, 5.41) is 0. The van der Waals surface area contributed by atoms with Gasteiger partial charge in [-0.05, 0) is 47.1 Å². The van der Waals surface area contributed by atoms with Gasteiger partial charge < -0.3 is 4.74 Å². The van der Waals surface area contributed by atoms with E-state index in [9.17, 15) is 4.79 Å². The Bertz CT molecular complexity index is 320. The van der Waals surface area contributed by atoms with Crippen LogP contribution in [-0.2, 0) is 9.53 Å². The lowest BCUT2D eigenvalue weighted by Crippen LogP contribution is -2.66. The van der Waals surface area contributed by atoms with Gasteiger partial charge in [-0.1, -0.05) is 13.5 Å². The summed E-state index contributed by atoms with van der Waals surface area (Å²) < 4.78 is 5.53. The molecular weight excluding hydrogens is 214 g/mol. The van der Waals surface area contributed by atoms with Crippen molar-refractivity contribution in [3.63, 3.8) is 0 Å². The summed E-state index contributed by atoms with van der Waals surface area (Å²) in [5.41, 5.74) is -0.0418. The number of hydrogen-bond acceptors (Lipinski definition) is 3. The van der Waals surface area contributed by atoms with Gasteiger partial charge in [0.25, 0.3) is 0 Å². The van der Waals surface area contributed by atoms with Crippen LogP contribution in [0.15, 0.2) is 12.7 Å². The van der Waals surface area contributed by atoms with Gasteiger partial charge in [0.15, 0.2) is 0 Å². The highest BCUT2D eigenvalue weighted by Gasteiger charge is 2.50. The zero-order valence-corrected chi connectivity index (χ0v) is 11.9. The lowest BCUT2D eigenvalue weighted by atomic mass is 9.72. The fourth-order valence-electron chi connectivity index (χ4n) is 3.13. The van der Waals surface area contributed by atoms with Gasteiger partial charge in [0.2, 0.25) is 0 Å². The molecule has 2 atom stereocenters. The third-order valence-electron chi connectivity index (χ3n) is 4.22. The number of carbonyl (C=O) groups is 1. The Morgan fingerprint density at radius 1 is 1.41 bits per heavy atom. The van der Waals surface area contributed by atoms with E-state index in [4.69, 9.17) is 4.74 Å². The summed E-state index contributed by atoms with van der Waals surface area (Å²) in [5.74, 6) is 0.0168. The molecular formula is C14H25NO2. The minimum atomic E-state index is -0.331. The SMILES string of the molecule is C=CC(=O)OC1C(C)CC(C)(C)N(C)C1(C)C. The van der Waals surface area contributed by atoms with E-state index in [-0.39, 0.29) is 23.2 Å². The van der Waals surface area contributed by atoms with E-state index in [1.807, 2.05) is 0 Å². The van der Waals surface area contributed by atoms with Crippen LogP contribution < -0.4 is 0 Å². The highest BCUT2D eigenvalue weighted by Crippen LogP contribution is 2.41. The zero-order chi connectivity index (χ0) is 13.4. The number of likely N-dealkylation sites (tertiary alicyclic amines) is 1. The van der Waals surface area contributed by atoms with Gasteiger partial charge >= 0.3 is 5.97 Å². The molecule has 1 saturated heterocycles. The molecule has 3 heteroatoms. The average molecular weight is 239 g/mol. The molecule has 1 aliphatic rings. The van der Waals surface area contributed by atoms with Crippen LogP contribution in [-0.4, -0.2) is 35.1 Å². The summed E-state index contributed by atoms with van der Waals surface area (Å²) >= 11 is 0. The van der Waals surface area contributed by atoms with Crippen molar-refractivity contribution >= 4 is 5.97 Å². The Morgan fingerprint density at radius 3 is 2.41 bits per heavy atom. The second-order valence-corrected chi connectivity index (χ2v) is 6.27. The lowest BCUT2D eigenvalue weighted by molar-refractivity contribution is -0.171. The van der Waals surface area contributed by atoms with Crippen LogP contribution in [0.1, 0.15) is 41.0 Å². The highest BCUT2D eigenvalue weighted by molar-refractivity contribution is 5.81. The van der Waals surface area contributed by atoms with Crippen LogP contribution in [0.5, 0.6) is 0 Å². The number of likely N-dealkylation sites (N-methyl/N-ethyl adjacent to an activating group) is 1. The number of ether oxygens (including phenoxy) is 1. The maximum atomic E-state index is 11.4. The first kappa shape index (κ1) is 14.2. The molecule has 0 N–H and O–H groups in total. The smallest absolute Gasteiger partial charge is 0.330 e. The van der Waals surface area contributed by atoms with E-state index in [0.29, 0.717) is 5.92 Å². The number of rotatable bonds is 2. The fraction of sp³-hybridized carbons (Fsp3) is 0.786. The van der Waals surface area contributed by atoms with Crippen molar-refractivity contribution < 1.29 is 9.53 Å². The maximum Gasteiger partial charge on any atom is 0.330 e. The van der Waals surface area contributed by atoms with Crippen molar-refractivity contribution in [2.45, 2.75) is 58.2 Å². The molecule has 3 nitrogen and oxygen atoms in total. The predicted octanol–water partition coefficient (Wildman–Crippen LogP) is 2.61. The van der Waals surface area contributed by atoms with E-state index >= 15 is 0 Å². The molecule has 1 fully saturated rings. The topological polar surface area (TPSA) is 29.5 Å². The van der Waals surface area contributed by atoms with Crippen molar-refractivity contribution in [3.05, 3.63) is 12.7 Å². The number of esters is 1. The number of piperidine rings is 1. The second kappa shape index (κ2) is 4.45. The first-order chi connectivity index (χ1) is 7.63. The average Bonchev–Trinajstić information content (AvgIpc) is 2.21. The maximum absolute atomic E-state index is 11.4. The third kappa shape index (κ3) is 2.54. The van der Waals surface area contributed by atoms with Gasteiger partial charge in [-0.3, -0.25) is 4.90 Å². The molecule has 0 radical (unpaired) electrons. The van der Waals surface area contributed by atoms with Gasteiger partial charge in [0.05, 0.1) is 5.54 Å². The van der Waals surface area contributed by atoms with Crippen LogP contribution in [0.25, 0.3) is 0 Å². The minimum Gasteiger partial charge on any atom is -0.457 e. The van der Waals surface area contributed by atoms with Crippen LogP contribution in [0.2, 0.25) is 0 Å². The molecule has 0 aromatic rings. The largest absolute Gasteiger partial charge is 0.457 e. The predicted molar refractivity (Wildman–Crippen MR) is 69.8 cm³/mol. The van der Waals surface area contributed by atoms with Crippen molar-refractivity contribution in [3.8, 4) is 0 Å². The first-order valence-corrected chi connectivity index (χ1v) is 6.20. The number of hydrogen-bond donors (Lipinski definition) is 0. The molecule has 0 amide bonds. The van der Waals surface area contributed by atoms with Crippen molar-refractivity contribution in [2.75, 3.05) is 7.05 Å². The van der Waals surface area contributed by atoms with Crippen LogP contribution in [0.3, 0.4) is 0 Å². The summed E-state index contributed by atoms with van der Waals surface area (Å²) in [6.45, 7) is 14.3. The Labute approximate surface area is 105 Å². The zero-order valence-electron chi connectivity index (χ0n) is 11.9. The van der Waals surface area contributed by atoms with Crippen molar-refractivity contribution in [2.24, 2.45) is 5.92 Å². The lowest BCUT2D eigenvalue weighted by Gasteiger charge is -2.56. The standard InChI is InChI=1S/C14H25NO2/c1-8-11(16)17-12-10(2)9-13(3,4)15(7)14(12,5)6/h8,10,12H,1,9H2,2-7H3. The van der Waals surface area contributed by atoms with E-state index in [2.05, 4.69) is 53.1 Å². The van der Waals surface area contributed by atoms with Crippen molar-refractivity contribution in [1.82, 2.24) is 4.90 Å². The number of nitrogens with zero attached hydrogens (tertiary/aromatic N) is 1. The van der Waals surface area contributed by atoms with Crippen LogP contribution in [0.4, 0.5) is 0 Å². The van der Waals surface area contributed by atoms with E-state index in [1.54, 1.807) is 0 Å². The molecule has 0 aromatic carbocycles. The Kier molecular flexibility index (Phi) is 3.72. The van der Waals surface area contributed by atoms with E-state index < -0.39 is 0 Å². The summed E-state index contributed by atoms with van der Waals surface area (Å²) in [7, 11) is 2.10. The molecule has 1 rings (SSSR count). The molecule has 2 unspecified atom stereocenters. The van der Waals surface area contributed by atoms with Gasteiger partial charge in [-0.25, -0.2) is 4.79 Å². The molecule has 1 heterocycles. The molecule has 0 saturated carbocycles. The summed E-state index contributed by atoms with van der Waals surface area (Å²) in [4.78, 5) is 13.7. The van der Waals surface area contributed by atoms with Crippen LogP contribution >= 0.6 is 0 Å². The highest BCUT2D eigenvalue weighted by atomic mass is 16.5. The van der Waals surface area contributed by atoms with Crippen LogP contribution in [0, 0.1) is 5.92 Å². The summed E-state index contributed by atoms with van der Waals surface area (Å²) in [6.07, 6.45) is 2.16. The summed E-state index contributed by atoms with van der Waals surface area (Å²) in [6, 6.07) is 0. The van der Waals surface area contributed by atoms with Crippen molar-refractivity contribution in [1.29, 1.82) is 0 Å². The normalized spacial score (nSPS) is 31.9. The number of carbonyl (C=O) groups excluding carboxylic acids is 1. The molecule has 98 valence electrons. The third-order valence-corrected chi connectivity index (χ3v) is 4.22. The molecule has 1 aliphatic heterocycles. The molecule has 0 bridgehead atoms. The molecule has 0 spiro atoms. The van der Waals surface area contributed by atoms with E-state index in [0.717, 1.165) is 6.42 Å². The van der Waals surface area contributed by atoms with Gasteiger partial charge in [-0.15, -0.1) is 0 Å². The monoisotopic (exact) mass is 239 g/mol. The Morgan fingerprint density at radius 2 is 1.94 bits per heavy atom. The first-order valence-electron chi connectivity index (χ1n) is 6.20. The van der Waals surface area contributed by atoms with Gasteiger partial charge in [-0.2, -0.15) is 0 Å².